The van der Waals surface area contributed by atoms with Crippen molar-refractivity contribution >= 4 is 23.4 Å². The number of anilines is 1. The number of halogens is 2. The van der Waals surface area contributed by atoms with Crippen LogP contribution in [-0.4, -0.2) is 24.4 Å². The number of rotatable bonds is 3. The molecule has 0 radical (unpaired) electrons. The predicted octanol–water partition coefficient (Wildman–Crippen LogP) is 4.16. The topological polar surface area (TPSA) is 49.8 Å². The second kappa shape index (κ2) is 8.22. The number of carbonyl (C=O) groups excluding carboxylic acids is 1. The van der Waals surface area contributed by atoms with Gasteiger partial charge in [-0.1, -0.05) is 23.4 Å². The van der Waals surface area contributed by atoms with Gasteiger partial charge in [-0.3, -0.25) is 4.90 Å². The minimum Gasteiger partial charge on any atom is -0.410 e. The van der Waals surface area contributed by atoms with E-state index in [9.17, 15) is 9.18 Å². The molecule has 4 nitrogen and oxygen atoms in total. The molecule has 0 saturated carbocycles. The van der Waals surface area contributed by atoms with Crippen LogP contribution in [0.2, 0.25) is 5.02 Å². The Kier molecular flexibility index (Phi) is 5.77. The molecule has 1 N–H and O–H groups in total. The number of ether oxygens (including phenoxy) is 1. The summed E-state index contributed by atoms with van der Waals surface area (Å²) >= 11 is 5.81. The Morgan fingerprint density at radius 2 is 2.08 bits per heavy atom. The van der Waals surface area contributed by atoms with E-state index in [0.717, 1.165) is 5.56 Å². The molecule has 0 atom stereocenters. The maximum absolute atomic E-state index is 14.3. The van der Waals surface area contributed by atoms with Gasteiger partial charge in [0.15, 0.2) is 0 Å². The van der Waals surface area contributed by atoms with Crippen molar-refractivity contribution in [3.05, 3.63) is 58.4 Å². The van der Waals surface area contributed by atoms with E-state index in [-0.39, 0.29) is 6.61 Å². The number of hydrogen-bond donors (Lipinski definition) is 1. The summed E-state index contributed by atoms with van der Waals surface area (Å²) in [5, 5.41) is 9.29. The summed E-state index contributed by atoms with van der Waals surface area (Å²) in [4.78, 5) is 13.8. The molecule has 1 aliphatic rings. The fourth-order valence-corrected chi connectivity index (χ4v) is 2.81. The van der Waals surface area contributed by atoms with Gasteiger partial charge >= 0.3 is 6.09 Å². The summed E-state index contributed by atoms with van der Waals surface area (Å²) in [6, 6.07) is 9.45. The van der Waals surface area contributed by atoms with Crippen LogP contribution in [0.4, 0.5) is 14.9 Å². The summed E-state index contributed by atoms with van der Waals surface area (Å²) in [5.74, 6) is 5.52. The minimum absolute atomic E-state index is 0.0615. The highest BCUT2D eigenvalue weighted by atomic mass is 35.5. The van der Waals surface area contributed by atoms with Crippen LogP contribution in [0.15, 0.2) is 36.4 Å². The second-order valence-electron chi connectivity index (χ2n) is 5.81. The number of hydrogen-bond acceptors (Lipinski definition) is 3. The number of amides is 1. The molecule has 0 unspecified atom stereocenters. The first-order chi connectivity index (χ1) is 12.6. The zero-order valence-corrected chi connectivity index (χ0v) is 14.7. The molecule has 2 aromatic carbocycles. The second-order valence-corrected chi connectivity index (χ2v) is 6.25. The molecule has 0 bridgehead atoms. The highest BCUT2D eigenvalue weighted by Crippen LogP contribution is 2.31. The van der Waals surface area contributed by atoms with E-state index in [1.165, 1.54) is 11.0 Å². The van der Waals surface area contributed by atoms with Gasteiger partial charge in [-0.05, 0) is 54.8 Å². The lowest BCUT2D eigenvalue weighted by atomic mass is 10.1. The molecule has 1 heterocycles. The summed E-state index contributed by atoms with van der Waals surface area (Å²) in [7, 11) is 0. The van der Waals surface area contributed by atoms with Crippen molar-refractivity contribution in [2.24, 2.45) is 0 Å². The zero-order chi connectivity index (χ0) is 18.5. The van der Waals surface area contributed by atoms with Gasteiger partial charge in [-0.25, -0.2) is 9.18 Å². The van der Waals surface area contributed by atoms with Crippen LogP contribution in [0.1, 0.15) is 24.0 Å². The highest BCUT2D eigenvalue weighted by molar-refractivity contribution is 6.30. The summed E-state index contributed by atoms with van der Waals surface area (Å²) in [6.45, 7) is 0.481. The lowest BCUT2D eigenvalue weighted by Gasteiger charge is -2.17. The summed E-state index contributed by atoms with van der Waals surface area (Å²) in [6.07, 6.45) is 1.11. The van der Waals surface area contributed by atoms with Gasteiger partial charge < -0.3 is 9.84 Å². The van der Waals surface area contributed by atoms with Crippen LogP contribution in [0.3, 0.4) is 0 Å². The van der Waals surface area contributed by atoms with Crippen LogP contribution < -0.4 is 9.64 Å². The molecule has 134 valence electrons. The van der Waals surface area contributed by atoms with Crippen molar-refractivity contribution in [3.8, 4) is 17.6 Å². The molecular formula is C20H17ClFNO3. The fraction of sp³-hybridized carbons (Fsp3) is 0.250. The highest BCUT2D eigenvalue weighted by Gasteiger charge is 2.27. The van der Waals surface area contributed by atoms with E-state index >= 15 is 0 Å². The van der Waals surface area contributed by atoms with Crippen LogP contribution in [0.25, 0.3) is 0 Å². The molecule has 0 saturated heterocycles. The molecule has 6 heteroatoms. The fourth-order valence-electron chi connectivity index (χ4n) is 2.68. The number of aliphatic hydroxyl groups excluding tert-OH is 1. The van der Waals surface area contributed by atoms with Gasteiger partial charge in [0.25, 0.3) is 0 Å². The number of benzene rings is 2. The van der Waals surface area contributed by atoms with Gasteiger partial charge in [0.1, 0.15) is 11.6 Å². The van der Waals surface area contributed by atoms with E-state index in [1.807, 2.05) is 0 Å². The number of carbonyl (C=O) groups is 1. The Bertz CT molecular complexity index is 871. The number of unbranched alkanes of at least 4 members (excludes halogenated alkanes) is 1. The largest absolute Gasteiger partial charge is 0.419 e. The first-order valence-electron chi connectivity index (χ1n) is 8.25. The van der Waals surface area contributed by atoms with Crippen LogP contribution in [0, 0.1) is 17.7 Å². The summed E-state index contributed by atoms with van der Waals surface area (Å²) < 4.78 is 19.6. The monoisotopic (exact) mass is 373 g/mol. The van der Waals surface area contributed by atoms with Crippen LogP contribution in [-0.2, 0) is 6.42 Å². The van der Waals surface area contributed by atoms with Crippen molar-refractivity contribution in [1.82, 2.24) is 0 Å². The summed E-state index contributed by atoms with van der Waals surface area (Å²) in [5.41, 5.74) is 1.66. The standard InChI is InChI=1S/C20H17ClFNO3/c21-16-5-7-17(8-6-16)26-20(25)23-10-9-15-12-14(4-2-1-3-11-24)18(22)13-19(15)23/h5-8,12-13,24H,1,3,9-11H2. The number of aliphatic hydroxyl groups is 1. The first kappa shape index (κ1) is 18.2. The molecule has 26 heavy (non-hydrogen) atoms. The SMILES string of the molecule is O=C(Oc1ccc(Cl)cc1)N1CCc2cc(C#CCCCO)c(F)cc21. The Hall–Kier alpha value is -2.55. The lowest BCUT2D eigenvalue weighted by Crippen LogP contribution is -2.31. The molecule has 0 aliphatic carbocycles. The van der Waals surface area contributed by atoms with E-state index in [2.05, 4.69) is 11.8 Å². The van der Waals surface area contributed by atoms with E-state index in [4.69, 9.17) is 21.4 Å². The Morgan fingerprint density at radius 1 is 1.31 bits per heavy atom. The van der Waals surface area contributed by atoms with Crippen LogP contribution >= 0.6 is 11.6 Å². The molecule has 1 amide bonds. The van der Waals surface area contributed by atoms with Gasteiger partial charge in [0.2, 0.25) is 0 Å². The van der Waals surface area contributed by atoms with Gasteiger partial charge in [0, 0.05) is 24.6 Å². The average molecular weight is 374 g/mol. The third kappa shape index (κ3) is 4.16. The van der Waals surface area contributed by atoms with Crippen LogP contribution in [0.5, 0.6) is 5.75 Å². The molecule has 0 fully saturated rings. The zero-order valence-electron chi connectivity index (χ0n) is 14.0. The predicted molar refractivity (Wildman–Crippen MR) is 98.1 cm³/mol. The van der Waals surface area contributed by atoms with Crippen molar-refractivity contribution in [2.45, 2.75) is 19.3 Å². The maximum atomic E-state index is 14.3. The van der Waals surface area contributed by atoms with E-state index in [0.29, 0.717) is 47.8 Å². The quantitative estimate of drug-likeness (QED) is 0.649. The molecule has 2 aromatic rings. The number of nitrogens with zero attached hydrogens (tertiary/aromatic N) is 1. The van der Waals surface area contributed by atoms with Gasteiger partial charge in [-0.15, -0.1) is 0 Å². The van der Waals surface area contributed by atoms with Gasteiger partial charge in [-0.2, -0.15) is 0 Å². The van der Waals surface area contributed by atoms with Crippen molar-refractivity contribution in [2.75, 3.05) is 18.1 Å². The third-order valence-corrected chi connectivity index (χ3v) is 4.24. The van der Waals surface area contributed by atoms with E-state index in [1.54, 1.807) is 30.3 Å². The maximum Gasteiger partial charge on any atom is 0.419 e. The smallest absolute Gasteiger partial charge is 0.410 e. The Labute approximate surface area is 156 Å². The lowest BCUT2D eigenvalue weighted by molar-refractivity contribution is 0.208. The van der Waals surface area contributed by atoms with Crippen molar-refractivity contribution < 1.29 is 19.0 Å². The number of fused-ring (bicyclic) bond motifs is 1. The van der Waals surface area contributed by atoms with Crippen molar-refractivity contribution in [3.63, 3.8) is 0 Å². The first-order valence-corrected chi connectivity index (χ1v) is 8.63. The van der Waals surface area contributed by atoms with E-state index < -0.39 is 11.9 Å². The Morgan fingerprint density at radius 3 is 2.81 bits per heavy atom. The van der Waals surface area contributed by atoms with Crippen molar-refractivity contribution in [1.29, 1.82) is 0 Å². The molecule has 1 aliphatic heterocycles. The average Bonchev–Trinajstić information content (AvgIpc) is 3.03. The minimum atomic E-state index is -0.563. The Balaban J connectivity index is 1.76. The molecule has 0 spiro atoms. The molecular weight excluding hydrogens is 357 g/mol. The third-order valence-electron chi connectivity index (χ3n) is 3.99. The van der Waals surface area contributed by atoms with Gasteiger partial charge in [0.05, 0.1) is 11.3 Å². The molecule has 3 rings (SSSR count). The molecule has 0 aromatic heterocycles. The normalized spacial score (nSPS) is 12.3.